The molecule has 2 amide bonds. The number of sulfonamides is 1. The van der Waals surface area contributed by atoms with E-state index in [4.69, 9.17) is 25.8 Å². The number of hydrogen-bond donors (Lipinski definition) is 1. The molecule has 0 saturated carbocycles. The van der Waals surface area contributed by atoms with Crippen molar-refractivity contribution in [3.05, 3.63) is 77.3 Å². The highest BCUT2D eigenvalue weighted by molar-refractivity contribution is 7.89. The van der Waals surface area contributed by atoms with Gasteiger partial charge in [-0.15, -0.1) is 0 Å². The minimum atomic E-state index is -3.66. The minimum absolute atomic E-state index is 0.0730. The number of halogens is 1. The fraction of sp³-hybridized carbons (Fsp3) is 0.286. The molecule has 12 heteroatoms. The second-order valence-electron chi connectivity index (χ2n) is 9.17. The number of rotatable bonds is 9. The summed E-state index contributed by atoms with van der Waals surface area (Å²) < 4.78 is 43.6. The van der Waals surface area contributed by atoms with Crippen LogP contribution in [0.15, 0.2) is 71.6 Å². The number of benzene rings is 3. The molecule has 2 aliphatic rings. The molecule has 0 bridgehead atoms. The van der Waals surface area contributed by atoms with Gasteiger partial charge < -0.3 is 24.4 Å². The zero-order valence-electron chi connectivity index (χ0n) is 21.5. The van der Waals surface area contributed by atoms with Crippen LogP contribution in [0.4, 0.5) is 11.4 Å². The zero-order valence-corrected chi connectivity index (χ0v) is 23.1. The van der Waals surface area contributed by atoms with E-state index in [9.17, 15) is 18.0 Å². The topological polar surface area (TPSA) is 114 Å². The van der Waals surface area contributed by atoms with Crippen molar-refractivity contribution in [2.24, 2.45) is 0 Å². The van der Waals surface area contributed by atoms with E-state index < -0.39 is 15.9 Å². The number of amides is 2. The fourth-order valence-electron chi connectivity index (χ4n) is 4.39. The quantitative estimate of drug-likeness (QED) is 0.380. The number of nitrogens with zero attached hydrogens (tertiary/aromatic N) is 2. The van der Waals surface area contributed by atoms with Crippen molar-refractivity contribution >= 4 is 44.8 Å². The van der Waals surface area contributed by atoms with Gasteiger partial charge in [-0.2, -0.15) is 4.31 Å². The minimum Gasteiger partial charge on any atom is -0.494 e. The van der Waals surface area contributed by atoms with Crippen LogP contribution in [0.2, 0.25) is 5.02 Å². The molecule has 0 spiro atoms. The highest BCUT2D eigenvalue weighted by atomic mass is 35.5. The Balaban J connectivity index is 1.22. The molecule has 210 valence electrons. The van der Waals surface area contributed by atoms with Crippen LogP contribution in [0, 0.1) is 0 Å². The summed E-state index contributed by atoms with van der Waals surface area (Å²) in [5.74, 6) is 0.615. The summed E-state index contributed by atoms with van der Waals surface area (Å²) in [6.45, 7) is 2.02. The van der Waals surface area contributed by atoms with Gasteiger partial charge in [0.1, 0.15) is 11.5 Å². The van der Waals surface area contributed by atoms with Gasteiger partial charge in [-0.1, -0.05) is 11.6 Å². The first-order valence-electron chi connectivity index (χ1n) is 12.8. The number of ether oxygens (including phenoxy) is 3. The van der Waals surface area contributed by atoms with Gasteiger partial charge >= 0.3 is 0 Å². The average molecular weight is 586 g/mol. The second-order valence-corrected chi connectivity index (χ2v) is 11.5. The molecule has 0 atom stereocenters. The van der Waals surface area contributed by atoms with Crippen molar-refractivity contribution in [2.45, 2.75) is 11.3 Å². The molecule has 2 heterocycles. The van der Waals surface area contributed by atoms with Crippen molar-refractivity contribution in [1.82, 2.24) is 4.31 Å². The lowest BCUT2D eigenvalue weighted by atomic mass is 10.1. The van der Waals surface area contributed by atoms with Crippen molar-refractivity contribution in [3.8, 4) is 11.5 Å². The number of hydrogen-bond acceptors (Lipinski definition) is 7. The summed E-state index contributed by atoms with van der Waals surface area (Å²) in [4.78, 5) is 27.3. The maximum atomic E-state index is 12.9. The molecule has 0 aromatic heterocycles. The molecule has 0 aliphatic carbocycles. The van der Waals surface area contributed by atoms with Gasteiger partial charge in [-0.3, -0.25) is 9.59 Å². The maximum absolute atomic E-state index is 12.9. The average Bonchev–Trinajstić information content (AvgIpc) is 2.97. The van der Waals surface area contributed by atoms with Crippen LogP contribution in [0.5, 0.6) is 11.5 Å². The van der Waals surface area contributed by atoms with Crippen LogP contribution in [-0.4, -0.2) is 70.6 Å². The third-order valence-electron chi connectivity index (χ3n) is 6.49. The van der Waals surface area contributed by atoms with Gasteiger partial charge in [0.05, 0.1) is 30.4 Å². The van der Waals surface area contributed by atoms with E-state index in [0.717, 1.165) is 0 Å². The first-order valence-corrected chi connectivity index (χ1v) is 14.6. The Kier molecular flexibility index (Phi) is 8.55. The van der Waals surface area contributed by atoms with E-state index >= 15 is 0 Å². The fourth-order valence-corrected chi connectivity index (χ4v) is 5.92. The van der Waals surface area contributed by atoms with E-state index in [2.05, 4.69) is 5.32 Å². The number of carbonyl (C=O) groups excluding carboxylic acids is 2. The largest absolute Gasteiger partial charge is 0.494 e. The highest BCUT2D eigenvalue weighted by Crippen LogP contribution is 2.35. The molecule has 2 aliphatic heterocycles. The van der Waals surface area contributed by atoms with E-state index in [-0.39, 0.29) is 17.4 Å². The number of morpholine rings is 1. The normalized spacial score (nSPS) is 15.7. The summed E-state index contributed by atoms with van der Waals surface area (Å²) in [6, 6.07) is 17.9. The molecule has 0 radical (unpaired) electrons. The predicted molar refractivity (Wildman–Crippen MR) is 150 cm³/mol. The Morgan fingerprint density at radius 3 is 2.45 bits per heavy atom. The number of nitrogens with one attached hydrogen (secondary N) is 1. The Morgan fingerprint density at radius 1 is 1.00 bits per heavy atom. The molecule has 0 unspecified atom stereocenters. The van der Waals surface area contributed by atoms with Gasteiger partial charge in [0, 0.05) is 35.9 Å². The van der Waals surface area contributed by atoms with Crippen LogP contribution in [0.1, 0.15) is 16.8 Å². The molecular formula is C28H28ClN3O7S. The highest BCUT2D eigenvalue weighted by Gasteiger charge is 2.27. The van der Waals surface area contributed by atoms with Gasteiger partial charge in [-0.25, -0.2) is 8.42 Å². The molecule has 1 N–H and O–H groups in total. The van der Waals surface area contributed by atoms with Crippen molar-refractivity contribution in [2.75, 3.05) is 56.3 Å². The van der Waals surface area contributed by atoms with E-state index in [0.29, 0.717) is 79.3 Å². The van der Waals surface area contributed by atoms with Crippen LogP contribution < -0.4 is 19.7 Å². The van der Waals surface area contributed by atoms with Crippen LogP contribution >= 0.6 is 11.6 Å². The Bertz CT molecular complexity index is 1470. The number of carbonyl (C=O) groups is 2. The predicted octanol–water partition coefficient (Wildman–Crippen LogP) is 3.81. The summed E-state index contributed by atoms with van der Waals surface area (Å²) in [5.41, 5.74) is 1.31. The van der Waals surface area contributed by atoms with Gasteiger partial charge in [0.15, 0.2) is 6.61 Å². The summed E-state index contributed by atoms with van der Waals surface area (Å²) in [7, 11) is -3.66. The molecule has 3 aromatic carbocycles. The first-order chi connectivity index (χ1) is 19.3. The summed E-state index contributed by atoms with van der Waals surface area (Å²) >= 11 is 5.90. The molecule has 40 heavy (non-hydrogen) atoms. The molecule has 5 rings (SSSR count). The maximum Gasteiger partial charge on any atom is 0.265 e. The van der Waals surface area contributed by atoms with Crippen molar-refractivity contribution in [1.29, 1.82) is 0 Å². The summed E-state index contributed by atoms with van der Waals surface area (Å²) in [5, 5.41) is 3.44. The van der Waals surface area contributed by atoms with Gasteiger partial charge in [0.2, 0.25) is 10.0 Å². The second kappa shape index (κ2) is 12.3. The molecule has 3 aromatic rings. The number of fused-ring (bicyclic) bond motifs is 1. The van der Waals surface area contributed by atoms with Gasteiger partial charge in [0.25, 0.3) is 11.8 Å². The van der Waals surface area contributed by atoms with Crippen molar-refractivity contribution < 1.29 is 32.2 Å². The lowest BCUT2D eigenvalue weighted by Gasteiger charge is -2.30. The van der Waals surface area contributed by atoms with E-state index in [1.165, 1.54) is 28.6 Å². The molecule has 1 fully saturated rings. The van der Waals surface area contributed by atoms with Crippen molar-refractivity contribution in [3.63, 3.8) is 0 Å². The van der Waals surface area contributed by atoms with E-state index in [1.54, 1.807) is 47.4 Å². The Morgan fingerprint density at radius 2 is 1.73 bits per heavy atom. The Labute approximate surface area is 237 Å². The first kappa shape index (κ1) is 27.9. The van der Waals surface area contributed by atoms with Crippen LogP contribution in [0.3, 0.4) is 0 Å². The third kappa shape index (κ3) is 6.39. The number of anilines is 2. The van der Waals surface area contributed by atoms with Gasteiger partial charge in [-0.05, 0) is 73.2 Å². The molecular weight excluding hydrogens is 558 g/mol. The van der Waals surface area contributed by atoms with Crippen LogP contribution in [-0.2, 0) is 19.6 Å². The lowest BCUT2D eigenvalue weighted by Crippen LogP contribution is -2.40. The van der Waals surface area contributed by atoms with E-state index in [1.807, 2.05) is 0 Å². The molecule has 10 nitrogen and oxygen atoms in total. The lowest BCUT2D eigenvalue weighted by molar-refractivity contribution is -0.121. The smallest absolute Gasteiger partial charge is 0.265 e. The standard InChI is InChI=1S/C28H28ClN3O7S/c29-21-4-7-23(8-5-21)38-15-1-12-32-25-18-22(6-11-26(25)39-19-27(32)33)30-28(34)20-2-9-24(10-3-20)40(35,36)31-13-16-37-17-14-31/h2-11,18H,1,12-17,19H2,(H,30,34). The SMILES string of the molecule is O=C(Nc1ccc2c(c1)N(CCCOc1ccc(Cl)cc1)C(=O)CO2)c1ccc(S(=O)(=O)N2CCOCC2)cc1. The zero-order chi connectivity index (χ0) is 28.1. The Hall–Kier alpha value is -3.64. The summed E-state index contributed by atoms with van der Waals surface area (Å²) in [6.07, 6.45) is 0.574. The molecule has 1 saturated heterocycles. The third-order valence-corrected chi connectivity index (χ3v) is 8.66. The monoisotopic (exact) mass is 585 g/mol. The van der Waals surface area contributed by atoms with Crippen LogP contribution in [0.25, 0.3) is 0 Å².